The minimum absolute atomic E-state index is 0.258. The van der Waals surface area contributed by atoms with Gasteiger partial charge in [-0.1, -0.05) is 25.1 Å². The Morgan fingerprint density at radius 3 is 2.56 bits per heavy atom. The van der Waals surface area contributed by atoms with Gasteiger partial charge in [0.1, 0.15) is 12.3 Å². The lowest BCUT2D eigenvalue weighted by molar-refractivity contribution is -0.274. The van der Waals surface area contributed by atoms with E-state index in [9.17, 15) is 22.8 Å². The van der Waals surface area contributed by atoms with E-state index < -0.39 is 30.7 Å². The van der Waals surface area contributed by atoms with E-state index in [0.29, 0.717) is 18.4 Å². The summed E-state index contributed by atoms with van der Waals surface area (Å²) >= 11 is 0. The van der Waals surface area contributed by atoms with Crippen LogP contribution >= 0.6 is 0 Å². The number of para-hydroxylation sites is 1. The molecule has 138 valence electrons. The predicted molar refractivity (Wildman–Crippen MR) is 83.1 cm³/mol. The molecule has 1 aliphatic carbocycles. The van der Waals surface area contributed by atoms with Gasteiger partial charge in [-0.05, 0) is 37.3 Å². The number of carboxylic acid groups (broad SMARTS) is 1. The molecule has 0 radical (unpaired) electrons. The van der Waals surface area contributed by atoms with Crippen LogP contribution in [-0.2, 0) is 9.59 Å². The highest BCUT2D eigenvalue weighted by molar-refractivity contribution is 5.86. The standard InChI is InChI=1S/C17H20F3NO4/c1-3-10(2)21(9-15(22)23)16(24)13-8-12(13)11-6-4-5-7-14(11)25-17(18,19)20/h4-7,10,12-13H,3,8-9H2,1-2H3,(H,22,23). The minimum Gasteiger partial charge on any atom is -0.480 e. The number of carboxylic acids is 1. The SMILES string of the molecule is CCC(C)N(CC(=O)O)C(=O)C1CC1c1ccccc1OC(F)(F)F. The van der Waals surface area contributed by atoms with Crippen molar-refractivity contribution in [2.45, 2.75) is 45.0 Å². The smallest absolute Gasteiger partial charge is 0.480 e. The first kappa shape index (κ1) is 19.1. The largest absolute Gasteiger partial charge is 0.573 e. The number of halogens is 3. The first-order valence-corrected chi connectivity index (χ1v) is 8.01. The summed E-state index contributed by atoms with van der Waals surface area (Å²) < 4.78 is 41.6. The molecule has 2 rings (SSSR count). The third kappa shape index (κ3) is 4.87. The molecular weight excluding hydrogens is 339 g/mol. The lowest BCUT2D eigenvalue weighted by Gasteiger charge is -2.27. The van der Waals surface area contributed by atoms with Gasteiger partial charge in [-0.15, -0.1) is 13.2 Å². The van der Waals surface area contributed by atoms with E-state index in [1.54, 1.807) is 13.0 Å². The zero-order chi connectivity index (χ0) is 18.8. The molecule has 0 aliphatic heterocycles. The van der Waals surface area contributed by atoms with E-state index in [0.717, 1.165) is 0 Å². The van der Waals surface area contributed by atoms with Gasteiger partial charge in [-0.3, -0.25) is 9.59 Å². The molecule has 3 atom stereocenters. The van der Waals surface area contributed by atoms with Crippen molar-refractivity contribution in [3.8, 4) is 5.75 Å². The summed E-state index contributed by atoms with van der Waals surface area (Å²) in [6.07, 6.45) is -3.84. The van der Waals surface area contributed by atoms with Crippen LogP contribution in [0.1, 0.15) is 38.2 Å². The average Bonchev–Trinajstić information content (AvgIpc) is 3.30. The van der Waals surface area contributed by atoms with Crippen molar-refractivity contribution in [3.05, 3.63) is 29.8 Å². The first-order chi connectivity index (χ1) is 11.6. The molecule has 1 N–H and O–H groups in total. The normalized spacial score (nSPS) is 20.7. The number of hydrogen-bond donors (Lipinski definition) is 1. The Balaban J connectivity index is 2.16. The molecule has 1 aromatic rings. The van der Waals surface area contributed by atoms with Crippen molar-refractivity contribution < 1.29 is 32.6 Å². The van der Waals surface area contributed by atoms with E-state index in [2.05, 4.69) is 4.74 Å². The van der Waals surface area contributed by atoms with Crippen LogP contribution < -0.4 is 4.74 Å². The van der Waals surface area contributed by atoms with E-state index in [1.807, 2.05) is 6.92 Å². The van der Waals surface area contributed by atoms with Crippen LogP contribution in [0.25, 0.3) is 0 Å². The molecule has 25 heavy (non-hydrogen) atoms. The minimum atomic E-state index is -4.81. The van der Waals surface area contributed by atoms with Gasteiger partial charge in [-0.2, -0.15) is 0 Å². The maximum Gasteiger partial charge on any atom is 0.573 e. The number of aliphatic carboxylic acids is 1. The molecule has 1 amide bonds. The van der Waals surface area contributed by atoms with Crippen LogP contribution in [0.3, 0.4) is 0 Å². The highest BCUT2D eigenvalue weighted by atomic mass is 19.4. The Labute approximate surface area is 143 Å². The molecule has 1 saturated carbocycles. The molecule has 0 saturated heterocycles. The van der Waals surface area contributed by atoms with Gasteiger partial charge in [0.25, 0.3) is 0 Å². The Hall–Kier alpha value is -2.25. The Morgan fingerprint density at radius 1 is 1.36 bits per heavy atom. The Morgan fingerprint density at radius 2 is 2.00 bits per heavy atom. The molecule has 0 bridgehead atoms. The summed E-state index contributed by atoms with van der Waals surface area (Å²) in [5.74, 6) is -2.70. The summed E-state index contributed by atoms with van der Waals surface area (Å²) in [5.41, 5.74) is 0.317. The fourth-order valence-electron chi connectivity index (χ4n) is 2.85. The second-order valence-electron chi connectivity index (χ2n) is 6.15. The molecule has 1 aromatic carbocycles. The number of hydrogen-bond acceptors (Lipinski definition) is 3. The predicted octanol–water partition coefficient (Wildman–Crippen LogP) is 3.40. The van der Waals surface area contributed by atoms with Gasteiger partial charge in [0.2, 0.25) is 5.91 Å². The average molecular weight is 359 g/mol. The quantitative estimate of drug-likeness (QED) is 0.810. The van der Waals surface area contributed by atoms with Gasteiger partial charge in [0, 0.05) is 12.0 Å². The van der Waals surface area contributed by atoms with Crippen molar-refractivity contribution in [3.63, 3.8) is 0 Å². The summed E-state index contributed by atoms with van der Waals surface area (Å²) in [6.45, 7) is 3.17. The number of ether oxygens (including phenoxy) is 1. The number of amides is 1. The third-order valence-corrected chi connectivity index (χ3v) is 4.36. The lowest BCUT2D eigenvalue weighted by Crippen LogP contribution is -2.42. The summed E-state index contributed by atoms with van der Waals surface area (Å²) in [5, 5.41) is 9.00. The second kappa shape index (κ2) is 7.33. The summed E-state index contributed by atoms with van der Waals surface area (Å²) in [4.78, 5) is 24.9. The monoisotopic (exact) mass is 359 g/mol. The maximum absolute atomic E-state index is 12.6. The molecule has 8 heteroatoms. The maximum atomic E-state index is 12.6. The van der Waals surface area contributed by atoms with Gasteiger partial charge < -0.3 is 14.7 Å². The molecule has 0 spiro atoms. The van der Waals surface area contributed by atoms with Crippen LogP contribution in [0.4, 0.5) is 13.2 Å². The van der Waals surface area contributed by atoms with Crippen LogP contribution in [0.5, 0.6) is 5.75 Å². The number of benzene rings is 1. The van der Waals surface area contributed by atoms with E-state index in [4.69, 9.17) is 5.11 Å². The number of carbonyl (C=O) groups is 2. The van der Waals surface area contributed by atoms with Gasteiger partial charge >= 0.3 is 12.3 Å². The number of rotatable bonds is 7. The number of carbonyl (C=O) groups excluding carboxylic acids is 1. The van der Waals surface area contributed by atoms with Crippen molar-refractivity contribution in [2.75, 3.05) is 6.54 Å². The third-order valence-electron chi connectivity index (χ3n) is 4.36. The molecule has 3 unspecified atom stereocenters. The Bertz CT molecular complexity index is 647. The molecule has 1 aliphatic rings. The van der Waals surface area contributed by atoms with Crippen molar-refractivity contribution in [1.29, 1.82) is 0 Å². The summed E-state index contributed by atoms with van der Waals surface area (Å²) in [7, 11) is 0. The van der Waals surface area contributed by atoms with Crippen LogP contribution in [-0.4, -0.2) is 40.8 Å². The van der Waals surface area contributed by atoms with Crippen LogP contribution in [0.2, 0.25) is 0 Å². The summed E-state index contributed by atoms with van der Waals surface area (Å²) in [6, 6.07) is 5.48. The van der Waals surface area contributed by atoms with Crippen LogP contribution in [0, 0.1) is 5.92 Å². The van der Waals surface area contributed by atoms with Gasteiger partial charge in [0.15, 0.2) is 0 Å². The number of alkyl halides is 3. The fraction of sp³-hybridized carbons (Fsp3) is 0.529. The lowest BCUT2D eigenvalue weighted by atomic mass is 10.1. The van der Waals surface area contributed by atoms with Crippen molar-refractivity contribution in [2.24, 2.45) is 5.92 Å². The van der Waals surface area contributed by atoms with Crippen molar-refractivity contribution in [1.82, 2.24) is 4.90 Å². The van der Waals surface area contributed by atoms with E-state index in [-0.39, 0.29) is 17.7 Å². The topological polar surface area (TPSA) is 66.8 Å². The first-order valence-electron chi connectivity index (χ1n) is 8.01. The zero-order valence-corrected chi connectivity index (χ0v) is 13.9. The highest BCUT2D eigenvalue weighted by Crippen LogP contribution is 2.51. The van der Waals surface area contributed by atoms with E-state index in [1.165, 1.54) is 23.1 Å². The van der Waals surface area contributed by atoms with Gasteiger partial charge in [-0.25, -0.2) is 0 Å². The molecule has 0 heterocycles. The van der Waals surface area contributed by atoms with Crippen molar-refractivity contribution >= 4 is 11.9 Å². The van der Waals surface area contributed by atoms with Crippen LogP contribution in [0.15, 0.2) is 24.3 Å². The number of nitrogens with zero attached hydrogens (tertiary/aromatic N) is 1. The molecular formula is C17H20F3NO4. The zero-order valence-electron chi connectivity index (χ0n) is 13.9. The van der Waals surface area contributed by atoms with Gasteiger partial charge in [0.05, 0.1) is 0 Å². The molecule has 5 nitrogen and oxygen atoms in total. The molecule has 0 aromatic heterocycles. The molecule has 1 fully saturated rings. The highest BCUT2D eigenvalue weighted by Gasteiger charge is 2.48. The second-order valence-corrected chi connectivity index (χ2v) is 6.15. The Kier molecular flexibility index (Phi) is 5.59. The van der Waals surface area contributed by atoms with E-state index >= 15 is 0 Å². The fourth-order valence-corrected chi connectivity index (χ4v) is 2.85.